The Morgan fingerprint density at radius 3 is 2.30 bits per heavy atom. The van der Waals surface area contributed by atoms with Gasteiger partial charge in [-0.1, -0.05) is 29.8 Å². The van der Waals surface area contributed by atoms with Gasteiger partial charge in [0.15, 0.2) is 0 Å². The normalized spacial score (nSPS) is 15.3. The van der Waals surface area contributed by atoms with Gasteiger partial charge >= 0.3 is 0 Å². The molecule has 1 fully saturated rings. The van der Waals surface area contributed by atoms with Crippen LogP contribution in [0.25, 0.3) is 11.5 Å². The standard InChI is InChI=1S/C21H20ClN3O4S/c22-16-8-6-15(7-9-16)19-24-20(30(27,28)17-4-2-1-3-5-17)21(29-19)25-12-10-14(11-13-25)18(23)26/h1-9,14H,10-13H2,(H2,23,26). The molecule has 1 amide bonds. The Labute approximate surface area is 179 Å². The number of oxazole rings is 1. The number of nitrogens with zero attached hydrogens (tertiary/aromatic N) is 2. The van der Waals surface area contributed by atoms with E-state index in [2.05, 4.69) is 4.98 Å². The molecule has 7 nitrogen and oxygen atoms in total. The predicted molar refractivity (Wildman–Crippen MR) is 113 cm³/mol. The van der Waals surface area contributed by atoms with Gasteiger partial charge < -0.3 is 15.1 Å². The summed E-state index contributed by atoms with van der Waals surface area (Å²) in [6.07, 6.45) is 1.05. The number of piperidine rings is 1. The van der Waals surface area contributed by atoms with Crippen molar-refractivity contribution in [2.75, 3.05) is 18.0 Å². The lowest BCUT2D eigenvalue weighted by molar-refractivity contribution is -0.122. The van der Waals surface area contributed by atoms with Gasteiger partial charge in [0.2, 0.25) is 32.5 Å². The maximum atomic E-state index is 13.3. The summed E-state index contributed by atoms with van der Waals surface area (Å²) in [5.74, 6) is -0.208. The Kier molecular flexibility index (Phi) is 5.53. The lowest BCUT2D eigenvalue weighted by Gasteiger charge is -2.30. The van der Waals surface area contributed by atoms with E-state index in [1.165, 1.54) is 12.1 Å². The van der Waals surface area contributed by atoms with Crippen molar-refractivity contribution in [3.05, 3.63) is 59.6 Å². The molecule has 1 saturated heterocycles. The van der Waals surface area contributed by atoms with Crippen LogP contribution in [0.1, 0.15) is 12.8 Å². The highest BCUT2D eigenvalue weighted by atomic mass is 35.5. The number of halogens is 1. The zero-order valence-electron chi connectivity index (χ0n) is 16.0. The van der Waals surface area contributed by atoms with Crippen LogP contribution in [-0.2, 0) is 14.6 Å². The Bertz CT molecular complexity index is 1150. The van der Waals surface area contributed by atoms with E-state index in [1.807, 2.05) is 4.90 Å². The number of nitrogens with two attached hydrogens (primary N) is 1. The number of hydrogen-bond acceptors (Lipinski definition) is 6. The summed E-state index contributed by atoms with van der Waals surface area (Å²) >= 11 is 5.96. The van der Waals surface area contributed by atoms with Crippen LogP contribution in [0.5, 0.6) is 0 Å². The van der Waals surface area contributed by atoms with Crippen LogP contribution in [0, 0.1) is 5.92 Å². The highest BCUT2D eigenvalue weighted by Gasteiger charge is 2.33. The molecule has 3 aromatic rings. The van der Waals surface area contributed by atoms with Crippen molar-refractivity contribution in [3.63, 3.8) is 0 Å². The molecule has 9 heteroatoms. The largest absolute Gasteiger partial charge is 0.419 e. The average molecular weight is 446 g/mol. The maximum Gasteiger partial charge on any atom is 0.236 e. The van der Waals surface area contributed by atoms with Crippen molar-refractivity contribution in [1.82, 2.24) is 4.98 Å². The van der Waals surface area contributed by atoms with E-state index in [1.54, 1.807) is 42.5 Å². The molecule has 1 aliphatic rings. The van der Waals surface area contributed by atoms with Gasteiger partial charge in [-0.05, 0) is 49.2 Å². The fourth-order valence-corrected chi connectivity index (χ4v) is 4.94. The second-order valence-electron chi connectivity index (χ2n) is 7.12. The van der Waals surface area contributed by atoms with Crippen molar-refractivity contribution in [3.8, 4) is 11.5 Å². The summed E-state index contributed by atoms with van der Waals surface area (Å²) in [6, 6.07) is 14.9. The number of rotatable bonds is 5. The Balaban J connectivity index is 1.78. The number of benzene rings is 2. The minimum Gasteiger partial charge on any atom is -0.419 e. The molecule has 1 aliphatic heterocycles. The van der Waals surface area contributed by atoms with Crippen molar-refractivity contribution >= 4 is 33.2 Å². The third kappa shape index (κ3) is 3.93. The summed E-state index contributed by atoms with van der Waals surface area (Å²) < 4.78 is 32.6. The molecule has 156 valence electrons. The van der Waals surface area contributed by atoms with Gasteiger partial charge in [-0.3, -0.25) is 4.79 Å². The molecule has 0 saturated carbocycles. The minimum absolute atomic E-state index is 0.134. The first kappa shape index (κ1) is 20.4. The summed E-state index contributed by atoms with van der Waals surface area (Å²) in [5, 5.41) is 0.410. The summed E-state index contributed by atoms with van der Waals surface area (Å²) in [4.78, 5) is 17.8. The zero-order chi connectivity index (χ0) is 21.3. The number of carbonyl (C=O) groups excluding carboxylic acids is 1. The third-order valence-electron chi connectivity index (χ3n) is 5.16. The molecule has 0 bridgehead atoms. The van der Waals surface area contributed by atoms with Gasteiger partial charge in [0.25, 0.3) is 0 Å². The van der Waals surface area contributed by atoms with Crippen molar-refractivity contribution in [2.45, 2.75) is 22.8 Å². The highest BCUT2D eigenvalue weighted by molar-refractivity contribution is 7.91. The molecule has 0 unspecified atom stereocenters. The van der Waals surface area contributed by atoms with E-state index in [-0.39, 0.29) is 33.5 Å². The number of carbonyl (C=O) groups is 1. The summed E-state index contributed by atoms with van der Waals surface area (Å²) in [5.41, 5.74) is 6.03. The van der Waals surface area contributed by atoms with Gasteiger partial charge in [0, 0.05) is 29.6 Å². The molecular formula is C21H20ClN3O4S. The van der Waals surface area contributed by atoms with Gasteiger partial charge in [0.1, 0.15) is 0 Å². The van der Waals surface area contributed by atoms with Crippen molar-refractivity contribution in [1.29, 1.82) is 0 Å². The van der Waals surface area contributed by atoms with Gasteiger partial charge in [-0.2, -0.15) is 4.98 Å². The van der Waals surface area contributed by atoms with Gasteiger partial charge in [-0.25, -0.2) is 8.42 Å². The molecular weight excluding hydrogens is 426 g/mol. The summed E-state index contributed by atoms with van der Waals surface area (Å²) in [7, 11) is -3.91. The first-order valence-corrected chi connectivity index (χ1v) is 11.3. The first-order chi connectivity index (χ1) is 14.4. The number of sulfone groups is 1. The molecule has 30 heavy (non-hydrogen) atoms. The quantitative estimate of drug-likeness (QED) is 0.643. The molecule has 0 aliphatic carbocycles. The van der Waals surface area contributed by atoms with E-state index in [0.29, 0.717) is 36.5 Å². The fourth-order valence-electron chi connectivity index (χ4n) is 3.47. The van der Waals surface area contributed by atoms with Crippen LogP contribution in [-0.4, -0.2) is 32.4 Å². The van der Waals surface area contributed by atoms with Crippen LogP contribution in [0.3, 0.4) is 0 Å². The maximum absolute atomic E-state index is 13.3. The molecule has 2 N–H and O–H groups in total. The van der Waals surface area contributed by atoms with Crippen LogP contribution in [0.15, 0.2) is 68.9 Å². The number of amides is 1. The first-order valence-electron chi connectivity index (χ1n) is 9.47. The van der Waals surface area contributed by atoms with Crippen LogP contribution in [0.2, 0.25) is 5.02 Å². The lowest BCUT2D eigenvalue weighted by Crippen LogP contribution is -2.38. The second kappa shape index (κ2) is 8.12. The highest BCUT2D eigenvalue weighted by Crippen LogP contribution is 2.36. The predicted octanol–water partition coefficient (Wildman–Crippen LogP) is 3.53. The van der Waals surface area contributed by atoms with Crippen molar-refractivity contribution in [2.24, 2.45) is 11.7 Å². The molecule has 0 spiro atoms. The number of anilines is 1. The molecule has 2 aromatic carbocycles. The minimum atomic E-state index is -3.91. The van der Waals surface area contributed by atoms with Crippen LogP contribution < -0.4 is 10.6 Å². The van der Waals surface area contributed by atoms with Crippen molar-refractivity contribution < 1.29 is 17.6 Å². The monoisotopic (exact) mass is 445 g/mol. The average Bonchev–Trinajstić information content (AvgIpc) is 3.21. The molecule has 1 aromatic heterocycles. The van der Waals surface area contributed by atoms with E-state index in [9.17, 15) is 13.2 Å². The molecule has 4 rings (SSSR count). The third-order valence-corrected chi connectivity index (χ3v) is 7.08. The Morgan fingerprint density at radius 1 is 1.07 bits per heavy atom. The molecule has 0 atom stereocenters. The number of hydrogen-bond donors (Lipinski definition) is 1. The molecule has 2 heterocycles. The second-order valence-corrected chi connectivity index (χ2v) is 9.42. The molecule has 0 radical (unpaired) electrons. The zero-order valence-corrected chi connectivity index (χ0v) is 17.6. The smallest absolute Gasteiger partial charge is 0.236 e. The summed E-state index contributed by atoms with van der Waals surface area (Å²) in [6.45, 7) is 0.889. The number of aromatic nitrogens is 1. The van der Waals surface area contributed by atoms with Gasteiger partial charge in [0.05, 0.1) is 4.90 Å². The topological polar surface area (TPSA) is 106 Å². The van der Waals surface area contributed by atoms with E-state index >= 15 is 0 Å². The van der Waals surface area contributed by atoms with Gasteiger partial charge in [-0.15, -0.1) is 0 Å². The Hall–Kier alpha value is -2.84. The van der Waals surface area contributed by atoms with E-state index in [0.717, 1.165) is 0 Å². The van der Waals surface area contributed by atoms with E-state index in [4.69, 9.17) is 21.8 Å². The van der Waals surface area contributed by atoms with E-state index < -0.39 is 9.84 Å². The van der Waals surface area contributed by atoms with Crippen LogP contribution >= 0.6 is 11.6 Å². The Morgan fingerprint density at radius 2 is 1.70 bits per heavy atom. The fraction of sp³-hybridized carbons (Fsp3) is 0.238. The lowest BCUT2D eigenvalue weighted by atomic mass is 9.96. The van der Waals surface area contributed by atoms with Crippen LogP contribution in [0.4, 0.5) is 5.88 Å². The number of primary amides is 1. The SMILES string of the molecule is NC(=O)C1CCN(c2oc(-c3ccc(Cl)cc3)nc2S(=O)(=O)c2ccccc2)CC1.